The first-order valence-electron chi connectivity index (χ1n) is 8.06. The molecule has 1 unspecified atom stereocenters. The summed E-state index contributed by atoms with van der Waals surface area (Å²) in [7, 11) is -7.60. The molecular weight excluding hydrogens is 472 g/mol. The third kappa shape index (κ3) is 4.37. The second-order valence-corrected chi connectivity index (χ2v) is 10.9. The third-order valence-corrected chi connectivity index (χ3v) is 7.73. The summed E-state index contributed by atoms with van der Waals surface area (Å²) < 4.78 is 57.2. The van der Waals surface area contributed by atoms with Gasteiger partial charge in [-0.3, -0.25) is 4.79 Å². The molecule has 1 aliphatic rings. The maximum atomic E-state index is 12.8. The van der Waals surface area contributed by atoms with Crippen molar-refractivity contribution in [3.05, 3.63) is 46.4 Å². The highest BCUT2D eigenvalue weighted by atomic mass is 79.9. The predicted molar refractivity (Wildman–Crippen MR) is 107 cm³/mol. The Kier molecular flexibility index (Phi) is 5.54. The van der Waals surface area contributed by atoms with Crippen molar-refractivity contribution in [2.45, 2.75) is 22.8 Å². The van der Waals surface area contributed by atoms with Gasteiger partial charge in [0, 0.05) is 16.8 Å². The molecule has 1 aliphatic heterocycles. The van der Waals surface area contributed by atoms with Crippen molar-refractivity contribution in [2.24, 2.45) is 0 Å². The predicted octanol–water partition coefficient (Wildman–Crippen LogP) is 2.22. The molecule has 0 bridgehead atoms. The van der Waals surface area contributed by atoms with E-state index < -0.39 is 25.9 Å². The molecule has 0 aliphatic carbocycles. The molecule has 2 aromatic carbocycles. The zero-order valence-electron chi connectivity index (χ0n) is 14.9. The summed E-state index contributed by atoms with van der Waals surface area (Å²) in [4.78, 5) is 11.2. The van der Waals surface area contributed by atoms with Gasteiger partial charge in [-0.1, -0.05) is 6.07 Å². The molecule has 150 valence electrons. The molecule has 0 saturated carbocycles. The average Bonchev–Trinajstić information content (AvgIpc) is 2.59. The van der Waals surface area contributed by atoms with E-state index in [1.807, 2.05) is 0 Å². The number of benzene rings is 2. The van der Waals surface area contributed by atoms with Gasteiger partial charge in [-0.25, -0.2) is 21.6 Å². The number of hydrogen-bond donors (Lipinski definition) is 2. The lowest BCUT2D eigenvalue weighted by atomic mass is 10.1. The minimum Gasteiger partial charge on any atom is -0.482 e. The molecular formula is C17H17BrN2O6S2. The SMILES string of the molecule is CC(NS(=O)(=O)c1cc(S(C)(=O)=O)ccc1Br)c1ccc2c(c1)NC(=O)CO2. The summed E-state index contributed by atoms with van der Waals surface area (Å²) in [6, 6.07) is 8.12. The number of nitrogens with one attached hydrogen (secondary N) is 2. The largest absolute Gasteiger partial charge is 0.482 e. The molecule has 11 heteroatoms. The topological polar surface area (TPSA) is 119 Å². The van der Waals surface area contributed by atoms with Gasteiger partial charge in [-0.15, -0.1) is 0 Å². The van der Waals surface area contributed by atoms with Crippen LogP contribution in [0.25, 0.3) is 0 Å². The Balaban J connectivity index is 1.91. The first kappa shape index (κ1) is 20.8. The van der Waals surface area contributed by atoms with Gasteiger partial charge >= 0.3 is 0 Å². The number of halogens is 1. The second kappa shape index (κ2) is 7.47. The van der Waals surface area contributed by atoms with Crippen molar-refractivity contribution >= 4 is 47.4 Å². The van der Waals surface area contributed by atoms with Crippen LogP contribution in [0.15, 0.2) is 50.7 Å². The number of fused-ring (bicyclic) bond motifs is 1. The van der Waals surface area contributed by atoms with Crippen LogP contribution in [0.5, 0.6) is 5.75 Å². The Morgan fingerprint density at radius 3 is 2.54 bits per heavy atom. The fourth-order valence-corrected chi connectivity index (χ4v) is 5.60. The van der Waals surface area contributed by atoms with Gasteiger partial charge in [0.2, 0.25) is 10.0 Å². The fourth-order valence-electron chi connectivity index (χ4n) is 2.65. The molecule has 3 rings (SSSR count). The van der Waals surface area contributed by atoms with Crippen LogP contribution in [0.3, 0.4) is 0 Å². The first-order valence-corrected chi connectivity index (χ1v) is 12.2. The fraction of sp³-hybridized carbons (Fsp3) is 0.235. The number of sulfonamides is 1. The third-order valence-electron chi connectivity index (χ3n) is 4.09. The van der Waals surface area contributed by atoms with Crippen LogP contribution >= 0.6 is 15.9 Å². The zero-order chi connectivity index (χ0) is 20.7. The van der Waals surface area contributed by atoms with E-state index in [9.17, 15) is 21.6 Å². The normalized spacial score (nSPS) is 15.3. The number of amides is 1. The van der Waals surface area contributed by atoms with E-state index in [-0.39, 0.29) is 26.8 Å². The van der Waals surface area contributed by atoms with E-state index in [1.165, 1.54) is 12.1 Å². The van der Waals surface area contributed by atoms with E-state index in [0.29, 0.717) is 17.0 Å². The average molecular weight is 489 g/mol. The van der Waals surface area contributed by atoms with E-state index in [0.717, 1.165) is 12.3 Å². The van der Waals surface area contributed by atoms with Crippen molar-refractivity contribution in [3.8, 4) is 5.75 Å². The summed E-state index contributed by atoms with van der Waals surface area (Å²) in [5.41, 5.74) is 1.06. The highest BCUT2D eigenvalue weighted by Crippen LogP contribution is 2.32. The minimum absolute atomic E-state index is 0.0702. The standard InChI is InChI=1S/C17H17BrN2O6S2/c1-10(11-3-6-15-14(7-11)19-17(21)9-26-15)20-28(24,25)16-8-12(27(2,22)23)4-5-13(16)18/h3-8,10,20H,9H2,1-2H3,(H,19,21). The summed E-state index contributed by atoms with van der Waals surface area (Å²) >= 11 is 3.16. The van der Waals surface area contributed by atoms with Crippen molar-refractivity contribution < 1.29 is 26.4 Å². The molecule has 0 aromatic heterocycles. The van der Waals surface area contributed by atoms with Gasteiger partial charge in [-0.05, 0) is 58.7 Å². The maximum Gasteiger partial charge on any atom is 0.262 e. The summed E-state index contributed by atoms with van der Waals surface area (Å²) in [6.45, 7) is 1.57. The summed E-state index contributed by atoms with van der Waals surface area (Å²) in [5, 5.41) is 2.67. The molecule has 2 aromatic rings. The zero-order valence-corrected chi connectivity index (χ0v) is 18.1. The van der Waals surface area contributed by atoms with E-state index in [1.54, 1.807) is 25.1 Å². The molecule has 1 amide bonds. The Labute approximate surface area is 171 Å². The number of rotatable bonds is 5. The van der Waals surface area contributed by atoms with Crippen LogP contribution in [0.4, 0.5) is 5.69 Å². The Morgan fingerprint density at radius 2 is 1.86 bits per heavy atom. The van der Waals surface area contributed by atoms with Gasteiger partial charge in [0.1, 0.15) is 5.75 Å². The smallest absolute Gasteiger partial charge is 0.262 e. The molecule has 0 radical (unpaired) electrons. The molecule has 28 heavy (non-hydrogen) atoms. The number of carbonyl (C=O) groups is 1. The Bertz CT molecular complexity index is 1160. The van der Waals surface area contributed by atoms with Crippen LogP contribution in [0, 0.1) is 0 Å². The molecule has 8 nitrogen and oxygen atoms in total. The molecule has 1 heterocycles. The van der Waals surface area contributed by atoms with Crippen molar-refractivity contribution in [1.29, 1.82) is 0 Å². The van der Waals surface area contributed by atoms with Gasteiger partial charge in [0.25, 0.3) is 5.91 Å². The van der Waals surface area contributed by atoms with Crippen LogP contribution in [-0.2, 0) is 24.7 Å². The first-order chi connectivity index (χ1) is 13.0. The highest BCUT2D eigenvalue weighted by molar-refractivity contribution is 9.10. The minimum atomic E-state index is -4.03. The Hall–Kier alpha value is -1.95. The van der Waals surface area contributed by atoms with E-state index in [4.69, 9.17) is 4.74 Å². The van der Waals surface area contributed by atoms with Crippen LogP contribution in [0.1, 0.15) is 18.5 Å². The lowest BCUT2D eigenvalue weighted by Crippen LogP contribution is -2.28. The summed E-state index contributed by atoms with van der Waals surface area (Å²) in [6.07, 6.45) is 1.01. The van der Waals surface area contributed by atoms with Gasteiger partial charge in [0.05, 0.1) is 15.5 Å². The molecule has 0 fully saturated rings. The maximum absolute atomic E-state index is 12.8. The number of hydrogen-bond acceptors (Lipinski definition) is 6. The van der Waals surface area contributed by atoms with Gasteiger partial charge < -0.3 is 10.1 Å². The highest BCUT2D eigenvalue weighted by Gasteiger charge is 2.24. The molecule has 0 saturated heterocycles. The van der Waals surface area contributed by atoms with Crippen molar-refractivity contribution in [3.63, 3.8) is 0 Å². The molecule has 1 atom stereocenters. The number of ether oxygens (including phenoxy) is 1. The second-order valence-electron chi connectivity index (χ2n) is 6.30. The quantitative estimate of drug-likeness (QED) is 0.665. The molecule has 2 N–H and O–H groups in total. The van der Waals surface area contributed by atoms with E-state index >= 15 is 0 Å². The van der Waals surface area contributed by atoms with Crippen LogP contribution < -0.4 is 14.8 Å². The number of sulfone groups is 1. The van der Waals surface area contributed by atoms with E-state index in [2.05, 4.69) is 26.0 Å². The van der Waals surface area contributed by atoms with Crippen molar-refractivity contribution in [1.82, 2.24) is 4.72 Å². The molecule has 0 spiro atoms. The lowest BCUT2D eigenvalue weighted by Gasteiger charge is -2.21. The summed E-state index contributed by atoms with van der Waals surface area (Å²) in [5.74, 6) is 0.210. The van der Waals surface area contributed by atoms with Gasteiger partial charge in [-0.2, -0.15) is 0 Å². The Morgan fingerprint density at radius 1 is 1.14 bits per heavy atom. The monoisotopic (exact) mass is 488 g/mol. The van der Waals surface area contributed by atoms with Gasteiger partial charge in [0.15, 0.2) is 16.4 Å². The van der Waals surface area contributed by atoms with Crippen LogP contribution in [0.2, 0.25) is 0 Å². The lowest BCUT2D eigenvalue weighted by molar-refractivity contribution is -0.118. The number of anilines is 1. The number of carbonyl (C=O) groups excluding carboxylic acids is 1. The van der Waals surface area contributed by atoms with Crippen molar-refractivity contribution in [2.75, 3.05) is 18.2 Å². The van der Waals surface area contributed by atoms with Crippen LogP contribution in [-0.4, -0.2) is 35.6 Å².